The van der Waals surface area contributed by atoms with Crippen LogP contribution in [-0.4, -0.2) is 29.2 Å². The van der Waals surface area contributed by atoms with Gasteiger partial charge in [0.05, 0.1) is 0 Å². The van der Waals surface area contributed by atoms with Gasteiger partial charge in [-0.15, -0.1) is 24.0 Å². The van der Waals surface area contributed by atoms with Crippen molar-refractivity contribution in [1.82, 2.24) is 5.32 Å². The van der Waals surface area contributed by atoms with E-state index in [9.17, 15) is 10.2 Å². The Morgan fingerprint density at radius 1 is 0.929 bits per heavy atom. The molecule has 0 aliphatic rings. The van der Waals surface area contributed by atoms with Crippen LogP contribution in [0.3, 0.4) is 0 Å². The lowest BCUT2D eigenvalue weighted by atomic mass is 9.65. The van der Waals surface area contributed by atoms with Gasteiger partial charge in [-0.05, 0) is 72.5 Å². The van der Waals surface area contributed by atoms with Crippen molar-refractivity contribution in [3.8, 4) is 11.5 Å². The number of unbranched alkanes of at least 4 members (excludes halogenated alkanes) is 1. The zero-order chi connectivity index (χ0) is 19.7. The minimum absolute atomic E-state index is 0. The van der Waals surface area contributed by atoms with Crippen LogP contribution in [-0.2, 0) is 5.41 Å². The SMILES string of the molecule is CC[C@](C)(c1ccc(O)cc1)[C@H](CCCCNCCCl)c1ccc(O)cc1.Cl. The maximum absolute atomic E-state index is 9.70. The van der Waals surface area contributed by atoms with E-state index in [0.717, 1.165) is 38.8 Å². The molecule has 0 saturated heterocycles. The lowest BCUT2D eigenvalue weighted by molar-refractivity contribution is 0.335. The van der Waals surface area contributed by atoms with Crippen LogP contribution in [0.4, 0.5) is 0 Å². The molecule has 5 heteroatoms. The lowest BCUT2D eigenvalue weighted by Gasteiger charge is -2.38. The highest BCUT2D eigenvalue weighted by Crippen LogP contribution is 2.45. The van der Waals surface area contributed by atoms with Crippen molar-refractivity contribution in [3.05, 3.63) is 59.7 Å². The van der Waals surface area contributed by atoms with Crippen molar-refractivity contribution < 1.29 is 10.2 Å². The van der Waals surface area contributed by atoms with Gasteiger partial charge in [0, 0.05) is 12.4 Å². The molecule has 2 atom stereocenters. The second-order valence-corrected chi connectivity index (χ2v) is 7.77. The minimum atomic E-state index is -0.0474. The van der Waals surface area contributed by atoms with Crippen LogP contribution in [0.25, 0.3) is 0 Å². The summed E-state index contributed by atoms with van der Waals surface area (Å²) < 4.78 is 0. The van der Waals surface area contributed by atoms with Gasteiger partial charge in [0.1, 0.15) is 11.5 Å². The Hall–Kier alpha value is -1.42. The topological polar surface area (TPSA) is 52.5 Å². The van der Waals surface area contributed by atoms with E-state index < -0.39 is 0 Å². The quantitative estimate of drug-likeness (QED) is 0.307. The van der Waals surface area contributed by atoms with Crippen LogP contribution in [0.15, 0.2) is 48.5 Å². The molecule has 0 amide bonds. The molecule has 0 aliphatic heterocycles. The molecule has 0 spiro atoms. The maximum atomic E-state index is 9.70. The van der Waals surface area contributed by atoms with E-state index in [0.29, 0.717) is 23.3 Å². The zero-order valence-corrected chi connectivity index (χ0v) is 18.4. The largest absolute Gasteiger partial charge is 0.508 e. The third-order valence-corrected chi connectivity index (χ3v) is 5.88. The first-order valence-corrected chi connectivity index (χ1v) is 10.4. The number of nitrogens with one attached hydrogen (secondary N) is 1. The van der Waals surface area contributed by atoms with Crippen LogP contribution in [0, 0.1) is 0 Å². The van der Waals surface area contributed by atoms with Crippen molar-refractivity contribution in [2.75, 3.05) is 19.0 Å². The number of phenolic OH excluding ortho intramolecular Hbond substituents is 2. The van der Waals surface area contributed by atoms with E-state index in [-0.39, 0.29) is 17.8 Å². The Labute approximate surface area is 180 Å². The molecular weight excluding hydrogens is 393 g/mol. The van der Waals surface area contributed by atoms with Crippen LogP contribution in [0.2, 0.25) is 0 Å². The molecule has 2 aromatic carbocycles. The number of rotatable bonds is 11. The number of alkyl halides is 1. The van der Waals surface area contributed by atoms with Gasteiger partial charge in [0.15, 0.2) is 0 Å². The summed E-state index contributed by atoms with van der Waals surface area (Å²) in [6.07, 6.45) is 4.29. The Kier molecular flexibility index (Phi) is 10.7. The van der Waals surface area contributed by atoms with Gasteiger partial charge in [-0.1, -0.05) is 44.5 Å². The van der Waals surface area contributed by atoms with Crippen molar-refractivity contribution in [3.63, 3.8) is 0 Å². The summed E-state index contributed by atoms with van der Waals surface area (Å²) in [5.74, 6) is 1.57. The predicted molar refractivity (Wildman–Crippen MR) is 121 cm³/mol. The highest BCUT2D eigenvalue weighted by atomic mass is 35.5. The first-order chi connectivity index (χ1) is 13.0. The molecule has 2 aromatic rings. The normalized spacial score (nSPS) is 14.1. The van der Waals surface area contributed by atoms with Gasteiger partial charge in [-0.2, -0.15) is 0 Å². The Bertz CT molecular complexity index is 676. The number of hydrogen-bond acceptors (Lipinski definition) is 3. The van der Waals surface area contributed by atoms with Gasteiger partial charge in [-0.3, -0.25) is 0 Å². The first-order valence-electron chi connectivity index (χ1n) is 9.86. The fourth-order valence-corrected chi connectivity index (χ4v) is 3.98. The first kappa shape index (κ1) is 24.6. The van der Waals surface area contributed by atoms with E-state index in [1.807, 2.05) is 24.3 Å². The molecule has 0 heterocycles. The molecule has 0 fully saturated rings. The molecule has 0 bridgehead atoms. The Morgan fingerprint density at radius 3 is 2.04 bits per heavy atom. The van der Waals surface area contributed by atoms with Gasteiger partial charge in [0.25, 0.3) is 0 Å². The fraction of sp³-hybridized carbons (Fsp3) is 0.478. The van der Waals surface area contributed by atoms with Gasteiger partial charge in [0.2, 0.25) is 0 Å². The van der Waals surface area contributed by atoms with Crippen LogP contribution >= 0.6 is 24.0 Å². The summed E-state index contributed by atoms with van der Waals surface area (Å²) in [6.45, 7) is 6.37. The maximum Gasteiger partial charge on any atom is 0.115 e. The molecule has 0 unspecified atom stereocenters. The number of benzene rings is 2. The average molecular weight is 426 g/mol. The summed E-state index contributed by atoms with van der Waals surface area (Å²) in [6, 6.07) is 15.2. The second-order valence-electron chi connectivity index (χ2n) is 7.40. The molecule has 3 N–H and O–H groups in total. The van der Waals surface area contributed by atoms with E-state index >= 15 is 0 Å². The van der Waals surface area contributed by atoms with E-state index in [1.54, 1.807) is 24.3 Å². The van der Waals surface area contributed by atoms with Gasteiger partial charge in [-0.25, -0.2) is 0 Å². The summed E-state index contributed by atoms with van der Waals surface area (Å²) in [5.41, 5.74) is 2.44. The van der Waals surface area contributed by atoms with Crippen molar-refractivity contribution in [2.24, 2.45) is 0 Å². The number of hydrogen-bond donors (Lipinski definition) is 3. The minimum Gasteiger partial charge on any atom is -0.508 e. The monoisotopic (exact) mass is 425 g/mol. The molecule has 156 valence electrons. The Balaban J connectivity index is 0.00000392. The smallest absolute Gasteiger partial charge is 0.115 e. The Morgan fingerprint density at radius 2 is 1.50 bits per heavy atom. The van der Waals surface area contributed by atoms with Crippen molar-refractivity contribution in [1.29, 1.82) is 0 Å². The zero-order valence-electron chi connectivity index (χ0n) is 16.8. The molecular formula is C23H33Cl2NO2. The highest BCUT2D eigenvalue weighted by molar-refractivity contribution is 6.18. The van der Waals surface area contributed by atoms with Crippen LogP contribution < -0.4 is 5.32 Å². The predicted octanol–water partition coefficient (Wildman–Crippen LogP) is 5.97. The van der Waals surface area contributed by atoms with E-state index in [2.05, 4.69) is 19.2 Å². The number of aromatic hydroxyl groups is 2. The number of halogens is 2. The summed E-state index contributed by atoms with van der Waals surface area (Å²) in [7, 11) is 0. The highest BCUT2D eigenvalue weighted by Gasteiger charge is 2.35. The van der Waals surface area contributed by atoms with Crippen LogP contribution in [0.1, 0.15) is 56.6 Å². The average Bonchev–Trinajstić information content (AvgIpc) is 2.68. The molecule has 0 saturated carbocycles. The third-order valence-electron chi connectivity index (χ3n) is 5.69. The van der Waals surface area contributed by atoms with E-state index in [4.69, 9.17) is 11.6 Å². The molecule has 0 aliphatic carbocycles. The van der Waals surface area contributed by atoms with E-state index in [1.165, 1.54) is 11.1 Å². The standard InChI is InChI=1S/C23H32ClNO2.ClH/c1-3-23(2,19-9-13-21(27)14-10-19)22(6-4-5-16-25-17-15-24)18-7-11-20(26)12-8-18;/h7-14,22,25-27H,3-6,15-17H2,1-2H3;1H/t22-,23-;/m1./s1. The summed E-state index contributed by atoms with van der Waals surface area (Å²) >= 11 is 5.71. The van der Waals surface area contributed by atoms with Crippen molar-refractivity contribution in [2.45, 2.75) is 50.9 Å². The molecule has 28 heavy (non-hydrogen) atoms. The lowest BCUT2D eigenvalue weighted by Crippen LogP contribution is -2.30. The van der Waals surface area contributed by atoms with Crippen LogP contribution in [0.5, 0.6) is 11.5 Å². The molecule has 3 nitrogen and oxygen atoms in total. The second kappa shape index (κ2) is 12.2. The summed E-state index contributed by atoms with van der Waals surface area (Å²) in [5, 5.41) is 22.7. The van der Waals surface area contributed by atoms with Gasteiger partial charge < -0.3 is 15.5 Å². The molecule has 0 aromatic heterocycles. The number of phenols is 2. The summed E-state index contributed by atoms with van der Waals surface area (Å²) in [4.78, 5) is 0. The van der Waals surface area contributed by atoms with Gasteiger partial charge >= 0.3 is 0 Å². The molecule has 2 rings (SSSR count). The molecule has 0 radical (unpaired) electrons. The van der Waals surface area contributed by atoms with Crippen molar-refractivity contribution >= 4 is 24.0 Å². The third kappa shape index (κ3) is 6.58. The fourth-order valence-electron chi connectivity index (χ4n) is 3.84.